The Morgan fingerprint density at radius 3 is 1.43 bits per heavy atom. The van der Waals surface area contributed by atoms with Gasteiger partial charge >= 0.3 is 14.8 Å². The summed E-state index contributed by atoms with van der Waals surface area (Å²) >= 11 is 0. The zero-order valence-corrected chi connectivity index (χ0v) is 16.8. The molecule has 166 valence electrons. The van der Waals surface area contributed by atoms with Crippen LogP contribution in [-0.2, 0) is 32.4 Å². The molecule has 0 bridgehead atoms. The molecule has 0 aromatic heterocycles. The molecule has 8 nitrogen and oxygen atoms in total. The third-order valence-corrected chi connectivity index (χ3v) is 5.93. The highest BCUT2D eigenvalue weighted by Crippen LogP contribution is 2.24. The van der Waals surface area contributed by atoms with Gasteiger partial charge in [0, 0.05) is 20.8 Å². The summed E-state index contributed by atoms with van der Waals surface area (Å²) in [6.45, 7) is 2.13. The van der Waals surface area contributed by atoms with Gasteiger partial charge in [0.05, 0.1) is 12.7 Å². The maximum atomic E-state index is 13.6. The number of carbonyl (C=O) groups excluding carboxylic acids is 4. The molecule has 0 saturated carbocycles. The van der Waals surface area contributed by atoms with Gasteiger partial charge in [0.1, 0.15) is 5.56 Å². The Balaban J connectivity index is 2.93. The Morgan fingerprint density at radius 1 is 0.700 bits per heavy atom. The number of hydrogen-bond acceptors (Lipinski definition) is 8. The Bertz CT molecular complexity index is 806. The normalized spacial score (nSPS) is 10.9. The van der Waals surface area contributed by atoms with Crippen LogP contribution in [0, 0.1) is 29.1 Å². The molecule has 0 aliphatic rings. The number of halogens is 5. The van der Waals surface area contributed by atoms with Crippen molar-refractivity contribution in [2.45, 2.75) is 33.2 Å². The highest BCUT2D eigenvalue weighted by molar-refractivity contribution is 6.65. The molecule has 0 atom stereocenters. The van der Waals surface area contributed by atoms with Crippen molar-refractivity contribution in [1.29, 1.82) is 0 Å². The van der Waals surface area contributed by atoms with Crippen molar-refractivity contribution in [2.75, 3.05) is 6.61 Å². The molecule has 0 radical (unpaired) electrons. The van der Waals surface area contributed by atoms with Gasteiger partial charge in [0.2, 0.25) is 5.82 Å². The second kappa shape index (κ2) is 10.1. The zero-order valence-electron chi connectivity index (χ0n) is 15.8. The predicted molar refractivity (Wildman–Crippen MR) is 87.0 cm³/mol. The van der Waals surface area contributed by atoms with Gasteiger partial charge in [-0.3, -0.25) is 14.4 Å². The van der Waals surface area contributed by atoms with Crippen molar-refractivity contribution in [3.63, 3.8) is 0 Å². The van der Waals surface area contributed by atoms with E-state index in [9.17, 15) is 41.1 Å². The Hall–Kier alpha value is -3.03. The summed E-state index contributed by atoms with van der Waals surface area (Å²) in [5, 5.41) is 0. The average molecular weight is 458 g/mol. The van der Waals surface area contributed by atoms with Crippen LogP contribution in [0.5, 0.6) is 0 Å². The highest BCUT2D eigenvalue weighted by atomic mass is 28.4. The average Bonchev–Trinajstić information content (AvgIpc) is 2.60. The number of hydrogen-bond donors (Lipinski definition) is 0. The van der Waals surface area contributed by atoms with Crippen LogP contribution in [-0.4, -0.2) is 39.3 Å². The Labute approximate surface area is 167 Å². The van der Waals surface area contributed by atoms with Gasteiger partial charge in [-0.25, -0.2) is 26.7 Å². The van der Waals surface area contributed by atoms with Crippen LogP contribution in [0.15, 0.2) is 0 Å². The van der Waals surface area contributed by atoms with Crippen LogP contribution >= 0.6 is 0 Å². The van der Waals surface area contributed by atoms with Gasteiger partial charge in [-0.15, -0.1) is 0 Å². The van der Waals surface area contributed by atoms with E-state index in [1.165, 1.54) is 0 Å². The van der Waals surface area contributed by atoms with Crippen molar-refractivity contribution in [1.82, 2.24) is 0 Å². The van der Waals surface area contributed by atoms with Gasteiger partial charge in [0.25, 0.3) is 17.9 Å². The fourth-order valence-corrected chi connectivity index (χ4v) is 4.50. The first-order valence-electron chi connectivity index (χ1n) is 8.08. The van der Waals surface area contributed by atoms with E-state index in [1.807, 2.05) is 0 Å². The minimum absolute atomic E-state index is 0.332. The van der Waals surface area contributed by atoms with Crippen LogP contribution in [0.3, 0.4) is 0 Å². The van der Waals surface area contributed by atoms with Gasteiger partial charge in [-0.05, 0) is 6.42 Å². The molecule has 0 aliphatic carbocycles. The minimum Gasteiger partial charge on any atom is -0.462 e. The van der Waals surface area contributed by atoms with E-state index in [1.54, 1.807) is 0 Å². The summed E-state index contributed by atoms with van der Waals surface area (Å²) in [7, 11) is -4.24. The number of ether oxygens (including phenoxy) is 1. The first-order chi connectivity index (χ1) is 13.8. The monoisotopic (exact) mass is 458 g/mol. The van der Waals surface area contributed by atoms with E-state index in [-0.39, 0.29) is 6.42 Å². The first-order valence-corrected chi connectivity index (χ1v) is 10.0. The molecule has 0 fully saturated rings. The zero-order chi connectivity index (χ0) is 23.2. The predicted octanol–water partition coefficient (Wildman–Crippen LogP) is 2.56. The van der Waals surface area contributed by atoms with Crippen molar-refractivity contribution < 1.29 is 59.1 Å². The molecule has 0 saturated heterocycles. The summed E-state index contributed by atoms with van der Waals surface area (Å²) in [4.78, 5) is 45.6. The minimum atomic E-state index is -4.24. The third kappa shape index (κ3) is 6.23. The van der Waals surface area contributed by atoms with Crippen LogP contribution < -0.4 is 0 Å². The molecule has 0 N–H and O–H groups in total. The molecule has 0 aliphatic heterocycles. The van der Waals surface area contributed by atoms with Gasteiger partial charge in [-0.1, -0.05) is 0 Å². The van der Waals surface area contributed by atoms with E-state index in [0.29, 0.717) is 0 Å². The topological polar surface area (TPSA) is 105 Å². The van der Waals surface area contributed by atoms with E-state index in [0.717, 1.165) is 20.8 Å². The van der Waals surface area contributed by atoms with E-state index in [2.05, 4.69) is 4.74 Å². The number of carbonyl (C=O) groups is 4. The second-order valence-electron chi connectivity index (χ2n) is 5.65. The summed E-state index contributed by atoms with van der Waals surface area (Å²) in [6, 6.07) is -0.448. The molecular formula is C16H15F5O8Si. The molecule has 0 amide bonds. The van der Waals surface area contributed by atoms with Crippen LogP contribution in [0.2, 0.25) is 6.04 Å². The third-order valence-electron chi connectivity index (χ3n) is 3.17. The molecule has 0 unspecified atom stereocenters. The number of benzene rings is 1. The lowest BCUT2D eigenvalue weighted by molar-refractivity contribution is -0.147. The second-order valence-corrected chi connectivity index (χ2v) is 8.13. The Morgan fingerprint density at radius 2 is 1.07 bits per heavy atom. The van der Waals surface area contributed by atoms with Gasteiger partial charge in [0.15, 0.2) is 23.3 Å². The van der Waals surface area contributed by atoms with E-state index < -0.39 is 80.0 Å². The number of esters is 1. The maximum Gasteiger partial charge on any atom is 0.705 e. The SMILES string of the molecule is CC(=O)O[Si](CCCOC(=O)c1c(F)c(F)c(F)c(F)c1F)(OC(C)=O)OC(C)=O. The van der Waals surface area contributed by atoms with Crippen LogP contribution in [0.4, 0.5) is 22.0 Å². The molecule has 0 spiro atoms. The summed E-state index contributed by atoms with van der Waals surface area (Å²) in [5.41, 5.74) is -1.80. The van der Waals surface area contributed by atoms with Crippen LogP contribution in [0.1, 0.15) is 37.6 Å². The number of rotatable bonds is 8. The molecule has 14 heteroatoms. The lowest BCUT2D eigenvalue weighted by Gasteiger charge is -2.26. The quantitative estimate of drug-likeness (QED) is 0.146. The summed E-state index contributed by atoms with van der Waals surface area (Å²) < 4.78 is 85.5. The molecule has 0 heterocycles. The molecule has 1 rings (SSSR count). The fourth-order valence-electron chi connectivity index (χ4n) is 2.18. The van der Waals surface area contributed by atoms with Gasteiger partial charge in [-0.2, -0.15) is 0 Å². The van der Waals surface area contributed by atoms with Gasteiger partial charge < -0.3 is 18.0 Å². The van der Waals surface area contributed by atoms with Crippen molar-refractivity contribution in [2.24, 2.45) is 0 Å². The Kier molecular flexibility index (Phi) is 8.45. The fraction of sp³-hybridized carbons (Fsp3) is 0.375. The van der Waals surface area contributed by atoms with Crippen LogP contribution in [0.25, 0.3) is 0 Å². The smallest absolute Gasteiger partial charge is 0.462 e. The molecule has 1 aromatic rings. The molecule has 30 heavy (non-hydrogen) atoms. The maximum absolute atomic E-state index is 13.6. The highest BCUT2D eigenvalue weighted by Gasteiger charge is 2.51. The van der Waals surface area contributed by atoms with E-state index >= 15 is 0 Å². The lowest BCUT2D eigenvalue weighted by Crippen LogP contribution is -2.49. The summed E-state index contributed by atoms with van der Waals surface area (Å²) in [5.74, 6) is -16.6. The molecular weight excluding hydrogens is 443 g/mol. The van der Waals surface area contributed by atoms with Crippen molar-refractivity contribution in [3.8, 4) is 0 Å². The first kappa shape index (κ1) is 25.0. The standard InChI is InChI=1S/C16H15F5O8Si/c1-7(22)27-30(28-8(2)23,29-9(3)24)6-4-5-26-16(25)10-11(17)13(19)15(21)14(20)12(10)18/h4-6H2,1-3H3. The summed E-state index contributed by atoms with van der Waals surface area (Å²) in [6.07, 6.45) is -0.332. The van der Waals surface area contributed by atoms with E-state index in [4.69, 9.17) is 13.3 Å². The lowest BCUT2D eigenvalue weighted by atomic mass is 10.1. The van der Waals surface area contributed by atoms with Crippen molar-refractivity contribution >= 4 is 32.7 Å². The van der Waals surface area contributed by atoms with Crippen molar-refractivity contribution in [3.05, 3.63) is 34.6 Å². The molecule has 1 aromatic carbocycles. The largest absolute Gasteiger partial charge is 0.705 e.